The molecule has 5 rings (SSSR count). The van der Waals surface area contributed by atoms with E-state index in [2.05, 4.69) is 75.6 Å². The van der Waals surface area contributed by atoms with Gasteiger partial charge in [0.05, 0.1) is 6.10 Å². The maximum atomic E-state index is 5.71. The predicted molar refractivity (Wildman–Crippen MR) is 151 cm³/mol. The number of nitrogens with one attached hydrogen (secondary N) is 2. The zero-order valence-electron chi connectivity index (χ0n) is 21.5. The van der Waals surface area contributed by atoms with Crippen LogP contribution in [-0.4, -0.2) is 73.6 Å². The predicted octanol–water partition coefficient (Wildman–Crippen LogP) is 3.75. The van der Waals surface area contributed by atoms with Crippen molar-refractivity contribution in [2.24, 2.45) is 11.8 Å². The van der Waals surface area contributed by atoms with Gasteiger partial charge in [-0.1, -0.05) is 32.0 Å². The molecular formula is C27H39N7OS. The van der Waals surface area contributed by atoms with E-state index in [1.165, 1.54) is 12.1 Å². The van der Waals surface area contributed by atoms with E-state index in [4.69, 9.17) is 26.9 Å². The molecule has 3 atom stereocenters. The number of piperazine rings is 1. The average molecular weight is 510 g/mol. The highest BCUT2D eigenvalue weighted by Gasteiger charge is 2.26. The molecule has 194 valence electrons. The summed E-state index contributed by atoms with van der Waals surface area (Å²) in [4.78, 5) is 17.0. The molecule has 36 heavy (non-hydrogen) atoms. The molecule has 3 aliphatic rings. The molecular weight excluding hydrogens is 470 g/mol. The molecule has 3 aliphatic heterocycles. The standard InChI is InChI=1S/C27H39N7OS/c1-20-15-21(2)19-34(18-20)25-16-24(33-12-10-32(11-13-33)22-7-4-3-5-8-22)29-26(30-25)31-27(36)28-17-23-9-6-14-35-23/h3-5,7-8,16,20-21,23H,6,9-15,17-19H2,1-2H3,(H2,28,29,30,31,36)/t20-,21-,23+/m1/s1. The molecule has 0 saturated carbocycles. The molecule has 1 aromatic heterocycles. The van der Waals surface area contributed by atoms with Crippen molar-refractivity contribution in [3.05, 3.63) is 36.4 Å². The summed E-state index contributed by atoms with van der Waals surface area (Å²) in [5, 5.41) is 7.10. The van der Waals surface area contributed by atoms with Crippen LogP contribution in [0.2, 0.25) is 0 Å². The first kappa shape index (κ1) is 25.0. The smallest absolute Gasteiger partial charge is 0.232 e. The van der Waals surface area contributed by atoms with Gasteiger partial charge in [-0.3, -0.25) is 0 Å². The highest BCUT2D eigenvalue weighted by Crippen LogP contribution is 2.29. The van der Waals surface area contributed by atoms with Gasteiger partial charge in [0.1, 0.15) is 11.6 Å². The lowest BCUT2D eigenvalue weighted by molar-refractivity contribution is 0.114. The molecule has 8 nitrogen and oxygen atoms in total. The van der Waals surface area contributed by atoms with Crippen LogP contribution in [0.5, 0.6) is 0 Å². The fourth-order valence-electron chi connectivity index (χ4n) is 5.64. The Morgan fingerprint density at radius 2 is 1.64 bits per heavy atom. The van der Waals surface area contributed by atoms with Gasteiger partial charge in [-0.05, 0) is 55.4 Å². The lowest BCUT2D eigenvalue weighted by Gasteiger charge is -2.38. The SMILES string of the molecule is C[C@@H]1C[C@@H](C)CN(c2cc(N3CCN(c4ccccc4)CC3)nc(NC(=S)NC[C@@H]3CCCO3)n2)C1. The second-order valence-electron chi connectivity index (χ2n) is 10.5. The summed E-state index contributed by atoms with van der Waals surface area (Å²) < 4.78 is 5.71. The van der Waals surface area contributed by atoms with Crippen molar-refractivity contribution in [1.82, 2.24) is 15.3 Å². The number of ether oxygens (including phenoxy) is 1. The maximum absolute atomic E-state index is 5.71. The van der Waals surface area contributed by atoms with E-state index in [0.29, 0.717) is 29.4 Å². The van der Waals surface area contributed by atoms with Crippen molar-refractivity contribution in [2.75, 3.05) is 72.4 Å². The molecule has 0 spiro atoms. The van der Waals surface area contributed by atoms with Crippen molar-refractivity contribution in [1.29, 1.82) is 0 Å². The number of hydrogen-bond donors (Lipinski definition) is 2. The van der Waals surface area contributed by atoms with E-state index in [0.717, 1.165) is 70.4 Å². The first-order valence-corrected chi connectivity index (χ1v) is 13.8. The lowest BCUT2D eigenvalue weighted by Crippen LogP contribution is -2.47. The molecule has 0 bridgehead atoms. The summed E-state index contributed by atoms with van der Waals surface area (Å²) in [6.07, 6.45) is 3.68. The molecule has 1 aromatic carbocycles. The molecule has 0 aliphatic carbocycles. The van der Waals surface area contributed by atoms with Gasteiger partial charge in [-0.15, -0.1) is 0 Å². The third-order valence-electron chi connectivity index (χ3n) is 7.36. The molecule has 0 radical (unpaired) electrons. The van der Waals surface area contributed by atoms with Crippen molar-refractivity contribution in [3.63, 3.8) is 0 Å². The van der Waals surface area contributed by atoms with E-state index >= 15 is 0 Å². The molecule has 4 heterocycles. The van der Waals surface area contributed by atoms with Crippen LogP contribution >= 0.6 is 12.2 Å². The first-order valence-electron chi connectivity index (χ1n) is 13.4. The van der Waals surface area contributed by atoms with Crippen LogP contribution in [0.3, 0.4) is 0 Å². The van der Waals surface area contributed by atoms with Gasteiger partial charge in [0.25, 0.3) is 0 Å². The van der Waals surface area contributed by atoms with Crippen LogP contribution < -0.4 is 25.3 Å². The Labute approximate surface area is 220 Å². The number of hydrogen-bond acceptors (Lipinski definition) is 7. The van der Waals surface area contributed by atoms with Gasteiger partial charge in [0.15, 0.2) is 5.11 Å². The number of piperidine rings is 1. The number of para-hydroxylation sites is 1. The number of aromatic nitrogens is 2. The molecule has 2 N–H and O–H groups in total. The Morgan fingerprint density at radius 3 is 2.31 bits per heavy atom. The number of thiocarbonyl (C=S) groups is 1. The zero-order valence-corrected chi connectivity index (χ0v) is 22.3. The van der Waals surface area contributed by atoms with E-state index in [1.807, 2.05) is 0 Å². The number of benzene rings is 1. The normalized spacial score (nSPS) is 24.6. The molecule has 0 amide bonds. The summed E-state index contributed by atoms with van der Waals surface area (Å²) >= 11 is 5.59. The number of rotatable bonds is 6. The largest absolute Gasteiger partial charge is 0.376 e. The highest BCUT2D eigenvalue weighted by molar-refractivity contribution is 7.80. The Hall–Kier alpha value is -2.65. The number of nitrogens with zero attached hydrogens (tertiary/aromatic N) is 5. The molecule has 3 fully saturated rings. The van der Waals surface area contributed by atoms with E-state index < -0.39 is 0 Å². The second kappa shape index (κ2) is 11.6. The Bertz CT molecular complexity index is 998. The van der Waals surface area contributed by atoms with Gasteiger partial charge < -0.3 is 30.1 Å². The topological polar surface area (TPSA) is 68.8 Å². The molecule has 0 unspecified atom stereocenters. The monoisotopic (exact) mass is 509 g/mol. The van der Waals surface area contributed by atoms with Crippen LogP contribution in [0.15, 0.2) is 36.4 Å². The fraction of sp³-hybridized carbons (Fsp3) is 0.593. The van der Waals surface area contributed by atoms with Crippen LogP contribution in [-0.2, 0) is 4.74 Å². The van der Waals surface area contributed by atoms with Gasteiger partial charge in [0.2, 0.25) is 5.95 Å². The minimum Gasteiger partial charge on any atom is -0.376 e. The summed E-state index contributed by atoms with van der Waals surface area (Å²) in [6, 6.07) is 12.8. The van der Waals surface area contributed by atoms with Crippen molar-refractivity contribution >= 4 is 40.6 Å². The van der Waals surface area contributed by atoms with Crippen LogP contribution in [0.25, 0.3) is 0 Å². The fourth-order valence-corrected chi connectivity index (χ4v) is 5.82. The number of anilines is 4. The first-order chi connectivity index (χ1) is 17.5. The maximum Gasteiger partial charge on any atom is 0.232 e. The van der Waals surface area contributed by atoms with Crippen molar-refractivity contribution in [2.45, 2.75) is 39.2 Å². The van der Waals surface area contributed by atoms with Gasteiger partial charge in [0, 0.05) is 64.2 Å². The van der Waals surface area contributed by atoms with E-state index in [-0.39, 0.29) is 6.10 Å². The third-order valence-corrected chi connectivity index (χ3v) is 7.60. The third kappa shape index (κ3) is 6.37. The summed E-state index contributed by atoms with van der Waals surface area (Å²) in [7, 11) is 0. The van der Waals surface area contributed by atoms with Gasteiger partial charge >= 0.3 is 0 Å². The van der Waals surface area contributed by atoms with Crippen LogP contribution in [0.4, 0.5) is 23.3 Å². The molecule has 2 aromatic rings. The highest BCUT2D eigenvalue weighted by atomic mass is 32.1. The van der Waals surface area contributed by atoms with E-state index in [9.17, 15) is 0 Å². The minimum atomic E-state index is 0.227. The summed E-state index contributed by atoms with van der Waals surface area (Å²) in [6.45, 7) is 12.0. The minimum absolute atomic E-state index is 0.227. The van der Waals surface area contributed by atoms with Crippen molar-refractivity contribution < 1.29 is 4.74 Å². The Morgan fingerprint density at radius 1 is 0.972 bits per heavy atom. The quantitative estimate of drug-likeness (QED) is 0.567. The van der Waals surface area contributed by atoms with Gasteiger partial charge in [-0.25, -0.2) is 0 Å². The Kier molecular flexibility index (Phi) is 8.06. The summed E-state index contributed by atoms with van der Waals surface area (Å²) in [5.41, 5.74) is 1.28. The molecule has 3 saturated heterocycles. The van der Waals surface area contributed by atoms with Crippen LogP contribution in [0, 0.1) is 11.8 Å². The van der Waals surface area contributed by atoms with Gasteiger partial charge in [-0.2, -0.15) is 9.97 Å². The molecule has 9 heteroatoms. The van der Waals surface area contributed by atoms with Crippen LogP contribution in [0.1, 0.15) is 33.1 Å². The van der Waals surface area contributed by atoms with Crippen molar-refractivity contribution in [3.8, 4) is 0 Å². The van der Waals surface area contributed by atoms with E-state index in [1.54, 1.807) is 0 Å². The second-order valence-corrected chi connectivity index (χ2v) is 10.9. The zero-order chi connectivity index (χ0) is 24.9. The summed E-state index contributed by atoms with van der Waals surface area (Å²) in [5.74, 6) is 3.79. The average Bonchev–Trinajstić information content (AvgIpc) is 3.41. The Balaban J connectivity index is 1.31. The lowest BCUT2D eigenvalue weighted by atomic mass is 9.92.